The largest absolute Gasteiger partial charge is 0.310 e. The average molecular weight is 198 g/mol. The summed E-state index contributed by atoms with van der Waals surface area (Å²) in [7, 11) is 2.20. The quantitative estimate of drug-likeness (QED) is 0.574. The summed E-state index contributed by atoms with van der Waals surface area (Å²) >= 11 is 0. The maximum absolute atomic E-state index is 3.60. The van der Waals surface area contributed by atoms with Crippen molar-refractivity contribution in [1.82, 2.24) is 20.4 Å². The Morgan fingerprint density at radius 3 is 2.29 bits per heavy atom. The third-order valence-electron chi connectivity index (χ3n) is 3.35. The number of nitrogens with zero attached hydrogens (tertiary/aromatic N) is 2. The van der Waals surface area contributed by atoms with Crippen LogP contribution >= 0.6 is 0 Å². The maximum Gasteiger partial charge on any atom is 0.0753 e. The summed E-state index contributed by atoms with van der Waals surface area (Å²) in [6, 6.07) is 0.576. The molecular formula is C10H22N4. The fourth-order valence-corrected chi connectivity index (χ4v) is 2.35. The van der Waals surface area contributed by atoms with Crippen molar-refractivity contribution in [2.75, 3.05) is 46.3 Å². The van der Waals surface area contributed by atoms with Gasteiger partial charge in [0.15, 0.2) is 0 Å². The molecule has 14 heavy (non-hydrogen) atoms. The van der Waals surface area contributed by atoms with Crippen molar-refractivity contribution < 1.29 is 0 Å². The van der Waals surface area contributed by atoms with Gasteiger partial charge in [-0.1, -0.05) is 0 Å². The zero-order valence-corrected chi connectivity index (χ0v) is 9.29. The van der Waals surface area contributed by atoms with Crippen LogP contribution in [0.3, 0.4) is 0 Å². The molecule has 2 aliphatic heterocycles. The van der Waals surface area contributed by atoms with E-state index >= 15 is 0 Å². The SMILES string of the molecule is CC1NCCNC1N1CCN(C)CC1. The molecule has 0 saturated carbocycles. The third kappa shape index (κ3) is 2.25. The Balaban J connectivity index is 1.87. The van der Waals surface area contributed by atoms with Crippen LogP contribution in [0.1, 0.15) is 6.92 Å². The van der Waals surface area contributed by atoms with Gasteiger partial charge < -0.3 is 10.2 Å². The molecule has 2 heterocycles. The number of nitrogens with one attached hydrogen (secondary N) is 2. The number of hydrogen-bond donors (Lipinski definition) is 2. The molecule has 2 N–H and O–H groups in total. The molecule has 2 saturated heterocycles. The van der Waals surface area contributed by atoms with Crippen LogP contribution in [0.2, 0.25) is 0 Å². The highest BCUT2D eigenvalue weighted by atomic mass is 15.4. The third-order valence-corrected chi connectivity index (χ3v) is 3.35. The van der Waals surface area contributed by atoms with Crippen molar-refractivity contribution >= 4 is 0 Å². The Hall–Kier alpha value is -0.160. The van der Waals surface area contributed by atoms with Crippen molar-refractivity contribution in [2.45, 2.75) is 19.1 Å². The zero-order valence-electron chi connectivity index (χ0n) is 9.29. The highest BCUT2D eigenvalue weighted by Gasteiger charge is 2.28. The Labute approximate surface area is 86.6 Å². The highest BCUT2D eigenvalue weighted by molar-refractivity contribution is 4.86. The number of rotatable bonds is 1. The fourth-order valence-electron chi connectivity index (χ4n) is 2.35. The van der Waals surface area contributed by atoms with Gasteiger partial charge in [0.2, 0.25) is 0 Å². The molecule has 2 aliphatic rings. The van der Waals surface area contributed by atoms with Gasteiger partial charge in [-0.3, -0.25) is 10.2 Å². The summed E-state index contributed by atoms with van der Waals surface area (Å²) in [5, 5.41) is 7.12. The first-order valence-electron chi connectivity index (χ1n) is 5.67. The van der Waals surface area contributed by atoms with E-state index in [1.54, 1.807) is 0 Å². The topological polar surface area (TPSA) is 30.5 Å². The van der Waals surface area contributed by atoms with Crippen molar-refractivity contribution in [3.05, 3.63) is 0 Å². The Kier molecular flexibility index (Phi) is 3.38. The van der Waals surface area contributed by atoms with E-state index in [9.17, 15) is 0 Å². The van der Waals surface area contributed by atoms with Crippen LogP contribution in [-0.4, -0.2) is 68.3 Å². The van der Waals surface area contributed by atoms with E-state index in [1.807, 2.05) is 0 Å². The van der Waals surface area contributed by atoms with E-state index in [2.05, 4.69) is 34.4 Å². The molecule has 0 amide bonds. The van der Waals surface area contributed by atoms with Gasteiger partial charge in [0, 0.05) is 45.3 Å². The average Bonchev–Trinajstić information content (AvgIpc) is 2.20. The molecule has 0 aliphatic carbocycles. The lowest BCUT2D eigenvalue weighted by atomic mass is 10.1. The molecule has 0 spiro atoms. The number of piperazine rings is 2. The van der Waals surface area contributed by atoms with Crippen molar-refractivity contribution in [3.63, 3.8) is 0 Å². The minimum Gasteiger partial charge on any atom is -0.310 e. The Morgan fingerprint density at radius 1 is 1.00 bits per heavy atom. The standard InChI is InChI=1S/C10H22N4/c1-9-10(12-4-3-11-9)14-7-5-13(2)6-8-14/h9-12H,3-8H2,1-2H3. The maximum atomic E-state index is 3.60. The van der Waals surface area contributed by atoms with E-state index in [4.69, 9.17) is 0 Å². The van der Waals surface area contributed by atoms with E-state index in [-0.39, 0.29) is 0 Å². The summed E-state index contributed by atoms with van der Waals surface area (Å²) in [5.74, 6) is 0. The molecule has 2 atom stereocenters. The Morgan fingerprint density at radius 2 is 1.64 bits per heavy atom. The van der Waals surface area contributed by atoms with Crippen LogP contribution in [-0.2, 0) is 0 Å². The van der Waals surface area contributed by atoms with E-state index in [0.29, 0.717) is 12.2 Å². The molecule has 82 valence electrons. The molecule has 0 aromatic carbocycles. The van der Waals surface area contributed by atoms with Gasteiger partial charge in [0.25, 0.3) is 0 Å². The minimum atomic E-state index is 0.539. The van der Waals surface area contributed by atoms with Crippen LogP contribution < -0.4 is 10.6 Å². The summed E-state index contributed by atoms with van der Waals surface area (Å²) in [6.07, 6.45) is 0.539. The molecule has 2 unspecified atom stereocenters. The van der Waals surface area contributed by atoms with Gasteiger partial charge in [-0.25, -0.2) is 0 Å². The Bertz CT molecular complexity index is 177. The molecule has 0 bridgehead atoms. The van der Waals surface area contributed by atoms with Crippen molar-refractivity contribution in [3.8, 4) is 0 Å². The van der Waals surface area contributed by atoms with Gasteiger partial charge in [-0.05, 0) is 14.0 Å². The molecule has 4 heteroatoms. The smallest absolute Gasteiger partial charge is 0.0753 e. The minimum absolute atomic E-state index is 0.539. The number of hydrogen-bond acceptors (Lipinski definition) is 4. The second kappa shape index (κ2) is 4.57. The zero-order chi connectivity index (χ0) is 9.97. The van der Waals surface area contributed by atoms with Crippen molar-refractivity contribution in [1.29, 1.82) is 0 Å². The van der Waals surface area contributed by atoms with Gasteiger partial charge >= 0.3 is 0 Å². The van der Waals surface area contributed by atoms with Gasteiger partial charge in [-0.15, -0.1) is 0 Å². The molecule has 0 aromatic rings. The van der Waals surface area contributed by atoms with Gasteiger partial charge in [0.05, 0.1) is 6.17 Å². The lowest BCUT2D eigenvalue weighted by Crippen LogP contribution is -2.64. The van der Waals surface area contributed by atoms with E-state index in [0.717, 1.165) is 13.1 Å². The molecule has 0 radical (unpaired) electrons. The fraction of sp³-hybridized carbons (Fsp3) is 1.00. The van der Waals surface area contributed by atoms with Crippen LogP contribution in [0.15, 0.2) is 0 Å². The molecule has 0 aromatic heterocycles. The first-order valence-corrected chi connectivity index (χ1v) is 5.67. The lowest BCUT2D eigenvalue weighted by Gasteiger charge is -2.43. The van der Waals surface area contributed by atoms with Crippen LogP contribution in [0, 0.1) is 0 Å². The second-order valence-electron chi connectivity index (χ2n) is 4.48. The summed E-state index contributed by atoms with van der Waals surface area (Å²) in [5.41, 5.74) is 0. The van der Waals surface area contributed by atoms with Crippen LogP contribution in [0.25, 0.3) is 0 Å². The van der Waals surface area contributed by atoms with Crippen molar-refractivity contribution in [2.24, 2.45) is 0 Å². The van der Waals surface area contributed by atoms with Crippen LogP contribution in [0.5, 0.6) is 0 Å². The summed E-state index contributed by atoms with van der Waals surface area (Å²) in [6.45, 7) is 9.26. The normalized spacial score (nSPS) is 37.3. The summed E-state index contributed by atoms with van der Waals surface area (Å²) in [4.78, 5) is 4.97. The summed E-state index contributed by atoms with van der Waals surface area (Å²) < 4.78 is 0. The molecular weight excluding hydrogens is 176 g/mol. The molecule has 2 rings (SSSR count). The van der Waals surface area contributed by atoms with Crippen LogP contribution in [0.4, 0.5) is 0 Å². The van der Waals surface area contributed by atoms with E-state index in [1.165, 1.54) is 26.2 Å². The molecule has 2 fully saturated rings. The van der Waals surface area contributed by atoms with Gasteiger partial charge in [0.1, 0.15) is 0 Å². The predicted octanol–water partition coefficient (Wildman–Crippen LogP) is -0.859. The van der Waals surface area contributed by atoms with E-state index < -0.39 is 0 Å². The number of likely N-dealkylation sites (N-methyl/N-ethyl adjacent to an activating group) is 1. The first-order chi connectivity index (χ1) is 6.77. The monoisotopic (exact) mass is 198 g/mol. The van der Waals surface area contributed by atoms with Gasteiger partial charge in [-0.2, -0.15) is 0 Å². The highest BCUT2D eigenvalue weighted by Crippen LogP contribution is 2.08. The first kappa shape index (κ1) is 10.4. The second-order valence-corrected chi connectivity index (χ2v) is 4.48. The lowest BCUT2D eigenvalue weighted by molar-refractivity contribution is 0.0657. The predicted molar refractivity (Wildman–Crippen MR) is 58.3 cm³/mol. The molecule has 4 nitrogen and oxygen atoms in total.